The van der Waals surface area contributed by atoms with Gasteiger partial charge in [-0.15, -0.1) is 0 Å². The summed E-state index contributed by atoms with van der Waals surface area (Å²) in [7, 11) is 3.21. The predicted octanol–water partition coefficient (Wildman–Crippen LogP) is 3.32. The van der Waals surface area contributed by atoms with Crippen molar-refractivity contribution in [3.63, 3.8) is 0 Å². The van der Waals surface area contributed by atoms with Gasteiger partial charge in [0.05, 0.1) is 20.3 Å². The van der Waals surface area contributed by atoms with Crippen LogP contribution in [0.5, 0.6) is 11.5 Å². The zero-order valence-corrected chi connectivity index (χ0v) is 13.2. The summed E-state index contributed by atoms with van der Waals surface area (Å²) in [6.07, 6.45) is 0.817. The van der Waals surface area contributed by atoms with Gasteiger partial charge < -0.3 is 14.8 Å². The molecule has 0 saturated carbocycles. The average Bonchev–Trinajstić information content (AvgIpc) is 2.42. The number of hydrogen-bond donors (Lipinski definition) is 1. The number of methoxy groups -OCH3 is 2. The lowest BCUT2D eigenvalue weighted by Gasteiger charge is -2.24. The lowest BCUT2D eigenvalue weighted by molar-refractivity contribution is -0.129. The molecular formula is C16H25NO3. The van der Waals surface area contributed by atoms with Gasteiger partial charge in [0.15, 0.2) is 11.5 Å². The summed E-state index contributed by atoms with van der Waals surface area (Å²) in [6, 6.07) is 5.70. The molecule has 112 valence electrons. The van der Waals surface area contributed by atoms with E-state index in [9.17, 15) is 4.79 Å². The summed E-state index contributed by atoms with van der Waals surface area (Å²) in [5, 5.41) is 3.08. The summed E-state index contributed by atoms with van der Waals surface area (Å²) < 4.78 is 10.5. The highest BCUT2D eigenvalue weighted by atomic mass is 16.5. The third-order valence-electron chi connectivity index (χ3n) is 3.20. The Balaban J connectivity index is 2.98. The van der Waals surface area contributed by atoms with Gasteiger partial charge in [-0.3, -0.25) is 4.79 Å². The van der Waals surface area contributed by atoms with Crippen molar-refractivity contribution in [2.24, 2.45) is 5.41 Å². The Morgan fingerprint density at radius 1 is 1.20 bits per heavy atom. The van der Waals surface area contributed by atoms with E-state index in [4.69, 9.17) is 9.47 Å². The van der Waals surface area contributed by atoms with Gasteiger partial charge in [0.25, 0.3) is 0 Å². The molecule has 0 aliphatic heterocycles. The average molecular weight is 279 g/mol. The molecule has 1 rings (SSSR count). The third-order valence-corrected chi connectivity index (χ3v) is 3.20. The van der Waals surface area contributed by atoms with Crippen molar-refractivity contribution in [1.29, 1.82) is 0 Å². The van der Waals surface area contributed by atoms with E-state index in [1.54, 1.807) is 14.2 Å². The second-order valence-corrected chi connectivity index (χ2v) is 5.80. The fraction of sp³-hybridized carbons (Fsp3) is 0.562. The van der Waals surface area contributed by atoms with Crippen molar-refractivity contribution in [2.75, 3.05) is 14.2 Å². The van der Waals surface area contributed by atoms with Crippen LogP contribution in [0.3, 0.4) is 0 Å². The van der Waals surface area contributed by atoms with Crippen molar-refractivity contribution < 1.29 is 14.3 Å². The molecule has 1 aromatic rings. The first-order chi connectivity index (χ1) is 9.33. The zero-order valence-electron chi connectivity index (χ0n) is 13.2. The number of ether oxygens (including phenoxy) is 2. The molecule has 1 unspecified atom stereocenters. The highest BCUT2D eigenvalue weighted by Gasteiger charge is 2.24. The maximum Gasteiger partial charge on any atom is 0.225 e. The molecule has 4 nitrogen and oxygen atoms in total. The van der Waals surface area contributed by atoms with E-state index >= 15 is 0 Å². The first-order valence-electron chi connectivity index (χ1n) is 6.86. The molecule has 0 heterocycles. The molecule has 1 atom stereocenters. The van der Waals surface area contributed by atoms with E-state index in [0.29, 0.717) is 11.5 Å². The summed E-state index contributed by atoms with van der Waals surface area (Å²) in [6.45, 7) is 7.77. The minimum absolute atomic E-state index is 0.0264. The number of carbonyl (C=O) groups excluding carboxylic acids is 1. The molecule has 0 bridgehead atoms. The van der Waals surface area contributed by atoms with Gasteiger partial charge in [0.2, 0.25) is 5.91 Å². The van der Waals surface area contributed by atoms with Crippen LogP contribution in [-0.2, 0) is 4.79 Å². The summed E-state index contributed by atoms with van der Waals surface area (Å²) in [5.41, 5.74) is 0.618. The van der Waals surface area contributed by atoms with Crippen molar-refractivity contribution in [2.45, 2.75) is 40.2 Å². The minimum atomic E-state index is -0.399. The number of nitrogens with one attached hydrogen (secondary N) is 1. The van der Waals surface area contributed by atoms with Crippen LogP contribution in [0.1, 0.15) is 45.7 Å². The van der Waals surface area contributed by atoms with Crippen molar-refractivity contribution in [3.05, 3.63) is 23.8 Å². The van der Waals surface area contributed by atoms with E-state index in [-0.39, 0.29) is 11.9 Å². The Labute approximate surface area is 121 Å². The number of amides is 1. The summed E-state index contributed by atoms with van der Waals surface area (Å²) in [4.78, 5) is 12.1. The Bertz CT molecular complexity index is 463. The van der Waals surface area contributed by atoms with Crippen LogP contribution in [0.2, 0.25) is 0 Å². The van der Waals surface area contributed by atoms with Gasteiger partial charge in [0, 0.05) is 5.41 Å². The molecule has 0 radical (unpaired) electrons. The lowest BCUT2D eigenvalue weighted by Crippen LogP contribution is -2.37. The van der Waals surface area contributed by atoms with Crippen LogP contribution >= 0.6 is 0 Å². The Hall–Kier alpha value is -1.71. The van der Waals surface area contributed by atoms with E-state index in [0.717, 1.165) is 12.0 Å². The zero-order chi connectivity index (χ0) is 15.3. The molecule has 20 heavy (non-hydrogen) atoms. The van der Waals surface area contributed by atoms with Gasteiger partial charge in [-0.2, -0.15) is 0 Å². The molecule has 1 aromatic carbocycles. The number of rotatable bonds is 5. The summed E-state index contributed by atoms with van der Waals surface area (Å²) >= 11 is 0. The van der Waals surface area contributed by atoms with E-state index in [1.807, 2.05) is 45.9 Å². The van der Waals surface area contributed by atoms with Gasteiger partial charge in [0.1, 0.15) is 0 Å². The minimum Gasteiger partial charge on any atom is -0.493 e. The van der Waals surface area contributed by atoms with Crippen molar-refractivity contribution >= 4 is 5.91 Å². The monoisotopic (exact) mass is 279 g/mol. The maximum atomic E-state index is 12.1. The van der Waals surface area contributed by atoms with E-state index < -0.39 is 5.41 Å². The van der Waals surface area contributed by atoms with Gasteiger partial charge in [-0.25, -0.2) is 0 Å². The highest BCUT2D eigenvalue weighted by molar-refractivity contribution is 5.81. The van der Waals surface area contributed by atoms with Crippen LogP contribution in [-0.4, -0.2) is 20.1 Å². The highest BCUT2D eigenvalue weighted by Crippen LogP contribution is 2.31. The summed E-state index contributed by atoms with van der Waals surface area (Å²) in [5.74, 6) is 1.40. The van der Waals surface area contributed by atoms with Gasteiger partial charge in [-0.05, 0) is 24.1 Å². The van der Waals surface area contributed by atoms with Gasteiger partial charge >= 0.3 is 0 Å². The first-order valence-corrected chi connectivity index (χ1v) is 6.86. The van der Waals surface area contributed by atoms with Gasteiger partial charge in [-0.1, -0.05) is 33.8 Å². The SMILES string of the molecule is CCC(NC(=O)C(C)(C)C)c1ccc(OC)c(OC)c1. The van der Waals surface area contributed by atoms with Crippen LogP contribution in [0.4, 0.5) is 0 Å². The molecule has 0 fully saturated rings. The first kappa shape index (κ1) is 16.3. The normalized spacial score (nSPS) is 12.7. The Kier molecular flexibility index (Phi) is 5.43. The topological polar surface area (TPSA) is 47.6 Å². The molecular weight excluding hydrogens is 254 g/mol. The number of hydrogen-bond acceptors (Lipinski definition) is 3. The van der Waals surface area contributed by atoms with Crippen LogP contribution in [0.15, 0.2) is 18.2 Å². The van der Waals surface area contributed by atoms with E-state index in [1.165, 1.54) is 0 Å². The smallest absolute Gasteiger partial charge is 0.225 e. The molecule has 1 N–H and O–H groups in total. The fourth-order valence-corrected chi connectivity index (χ4v) is 1.87. The second kappa shape index (κ2) is 6.64. The van der Waals surface area contributed by atoms with Crippen molar-refractivity contribution in [1.82, 2.24) is 5.32 Å². The molecule has 1 amide bonds. The molecule has 0 aromatic heterocycles. The fourth-order valence-electron chi connectivity index (χ4n) is 1.87. The molecule has 4 heteroatoms. The number of carbonyl (C=O) groups is 1. The molecule has 0 spiro atoms. The molecule has 0 aliphatic carbocycles. The maximum absolute atomic E-state index is 12.1. The van der Waals surface area contributed by atoms with Crippen LogP contribution in [0.25, 0.3) is 0 Å². The largest absolute Gasteiger partial charge is 0.493 e. The quantitative estimate of drug-likeness (QED) is 0.899. The second-order valence-electron chi connectivity index (χ2n) is 5.80. The Morgan fingerprint density at radius 3 is 2.25 bits per heavy atom. The number of benzene rings is 1. The van der Waals surface area contributed by atoms with E-state index in [2.05, 4.69) is 5.32 Å². The Morgan fingerprint density at radius 2 is 1.80 bits per heavy atom. The molecule has 0 saturated heterocycles. The van der Waals surface area contributed by atoms with Crippen LogP contribution in [0, 0.1) is 5.41 Å². The van der Waals surface area contributed by atoms with Crippen LogP contribution < -0.4 is 14.8 Å². The predicted molar refractivity (Wildman–Crippen MR) is 80.2 cm³/mol. The third kappa shape index (κ3) is 3.89. The standard InChI is InChI=1S/C16H25NO3/c1-7-12(17-15(18)16(2,3)4)11-8-9-13(19-5)14(10-11)20-6/h8-10,12H,7H2,1-6H3,(H,17,18). The lowest BCUT2D eigenvalue weighted by atomic mass is 9.94. The molecule has 0 aliphatic rings. The van der Waals surface area contributed by atoms with Crippen molar-refractivity contribution in [3.8, 4) is 11.5 Å².